The summed E-state index contributed by atoms with van der Waals surface area (Å²) in [6, 6.07) is 14.3. The number of hydrogen-bond acceptors (Lipinski definition) is 5. The lowest BCUT2D eigenvalue weighted by Crippen LogP contribution is -2.14. The smallest absolute Gasteiger partial charge is 0.260 e. The van der Waals surface area contributed by atoms with Gasteiger partial charge in [-0.15, -0.1) is 10.2 Å². The zero-order valence-electron chi connectivity index (χ0n) is 13.7. The van der Waals surface area contributed by atoms with Crippen molar-refractivity contribution in [1.29, 1.82) is 0 Å². The van der Waals surface area contributed by atoms with Crippen LogP contribution >= 0.6 is 11.6 Å². The van der Waals surface area contributed by atoms with Crippen molar-refractivity contribution < 1.29 is 13.9 Å². The average Bonchev–Trinajstić information content (AvgIpc) is 2.66. The molecule has 26 heavy (non-hydrogen) atoms. The predicted octanol–water partition coefficient (Wildman–Crippen LogP) is 4.27. The fourth-order valence-electron chi connectivity index (χ4n) is 2.20. The Hall–Kier alpha value is -3.19. The molecular weight excluding hydrogens is 359 g/mol. The Morgan fingerprint density at radius 1 is 1.08 bits per heavy atom. The molecule has 0 spiro atoms. The van der Waals surface area contributed by atoms with Crippen LogP contribution in [0.1, 0.15) is 10.4 Å². The number of aromatic nitrogens is 2. The minimum atomic E-state index is -0.502. The van der Waals surface area contributed by atoms with Gasteiger partial charge in [-0.1, -0.05) is 23.7 Å². The van der Waals surface area contributed by atoms with E-state index in [9.17, 15) is 9.18 Å². The van der Waals surface area contributed by atoms with Gasteiger partial charge in [0.2, 0.25) is 0 Å². The molecule has 0 aliphatic heterocycles. The summed E-state index contributed by atoms with van der Waals surface area (Å²) in [7, 11) is 1.49. The highest BCUT2D eigenvalue weighted by molar-refractivity contribution is 6.31. The third kappa shape index (κ3) is 4.07. The summed E-state index contributed by atoms with van der Waals surface area (Å²) in [4.78, 5) is 12.3. The Kier molecular flexibility index (Phi) is 5.28. The number of nitrogens with zero attached hydrogens (tertiary/aromatic N) is 2. The third-order valence-corrected chi connectivity index (χ3v) is 3.74. The van der Waals surface area contributed by atoms with Gasteiger partial charge in [-0.3, -0.25) is 4.79 Å². The molecule has 0 fully saturated rings. The molecule has 0 atom stereocenters. The van der Waals surface area contributed by atoms with Crippen molar-refractivity contribution in [3.63, 3.8) is 0 Å². The lowest BCUT2D eigenvalue weighted by Gasteiger charge is -2.09. The van der Waals surface area contributed by atoms with E-state index in [4.69, 9.17) is 16.3 Å². The van der Waals surface area contributed by atoms with Gasteiger partial charge < -0.3 is 15.4 Å². The Labute approximate surface area is 154 Å². The van der Waals surface area contributed by atoms with Crippen LogP contribution in [0.5, 0.6) is 5.75 Å². The number of carbonyl (C=O) groups is 1. The van der Waals surface area contributed by atoms with Crippen molar-refractivity contribution in [3.05, 3.63) is 71.0 Å². The number of para-hydroxylation sites is 1. The normalized spacial score (nSPS) is 10.3. The molecule has 1 amide bonds. The molecule has 0 aliphatic carbocycles. The van der Waals surface area contributed by atoms with Crippen molar-refractivity contribution >= 4 is 34.8 Å². The van der Waals surface area contributed by atoms with Gasteiger partial charge in [-0.2, -0.15) is 0 Å². The second-order valence-electron chi connectivity index (χ2n) is 5.21. The molecule has 1 heterocycles. The van der Waals surface area contributed by atoms with Crippen LogP contribution in [0.4, 0.5) is 21.7 Å². The first kappa shape index (κ1) is 17.6. The molecule has 0 saturated carbocycles. The highest BCUT2D eigenvalue weighted by atomic mass is 35.5. The van der Waals surface area contributed by atoms with Crippen molar-refractivity contribution in [3.8, 4) is 5.75 Å². The van der Waals surface area contributed by atoms with Crippen LogP contribution in [-0.4, -0.2) is 23.2 Å². The fourth-order valence-corrected chi connectivity index (χ4v) is 2.38. The molecule has 1 aromatic heterocycles. The number of amides is 1. The number of anilines is 3. The van der Waals surface area contributed by atoms with E-state index in [1.165, 1.54) is 25.3 Å². The Bertz CT molecular complexity index is 935. The zero-order chi connectivity index (χ0) is 18.5. The summed E-state index contributed by atoms with van der Waals surface area (Å²) in [5.41, 5.74) is 0.955. The van der Waals surface area contributed by atoms with Gasteiger partial charge in [-0.05, 0) is 42.5 Å². The van der Waals surface area contributed by atoms with Crippen LogP contribution in [0.2, 0.25) is 5.02 Å². The Morgan fingerprint density at radius 2 is 1.81 bits per heavy atom. The first-order chi connectivity index (χ1) is 12.6. The highest BCUT2D eigenvalue weighted by Gasteiger charge is 2.12. The number of carbonyl (C=O) groups excluding carboxylic acids is 1. The van der Waals surface area contributed by atoms with E-state index >= 15 is 0 Å². The average molecular weight is 373 g/mol. The van der Waals surface area contributed by atoms with E-state index in [1.807, 2.05) is 0 Å². The van der Waals surface area contributed by atoms with Crippen molar-refractivity contribution in [1.82, 2.24) is 10.2 Å². The van der Waals surface area contributed by atoms with Gasteiger partial charge in [0.15, 0.2) is 11.6 Å². The number of methoxy groups -OCH3 is 1. The molecule has 0 saturated heterocycles. The van der Waals surface area contributed by atoms with Gasteiger partial charge in [0.25, 0.3) is 5.91 Å². The number of nitrogens with one attached hydrogen (secondary N) is 2. The number of benzene rings is 2. The second kappa shape index (κ2) is 7.79. The Balaban J connectivity index is 1.69. The van der Waals surface area contributed by atoms with E-state index in [0.717, 1.165) is 0 Å². The molecule has 8 heteroatoms. The van der Waals surface area contributed by atoms with E-state index in [-0.39, 0.29) is 16.7 Å². The highest BCUT2D eigenvalue weighted by Crippen LogP contribution is 2.22. The molecule has 132 valence electrons. The van der Waals surface area contributed by atoms with E-state index in [2.05, 4.69) is 20.8 Å². The maximum absolute atomic E-state index is 13.2. The van der Waals surface area contributed by atoms with Crippen LogP contribution in [-0.2, 0) is 0 Å². The molecule has 0 aliphatic rings. The lowest BCUT2D eigenvalue weighted by atomic mass is 10.2. The molecule has 6 nitrogen and oxygen atoms in total. The standard InChI is InChI=1S/C18H14ClFN4O2/c1-26-15-5-3-2-4-12(15)18(25)22-17-9-8-16(23-24-17)21-11-6-7-14(20)13(19)10-11/h2-10H,1H3,(H,21,23)(H,22,24,25). The van der Waals surface area contributed by atoms with E-state index in [1.54, 1.807) is 36.4 Å². The van der Waals surface area contributed by atoms with E-state index < -0.39 is 5.82 Å². The molecule has 0 radical (unpaired) electrons. The second-order valence-corrected chi connectivity index (χ2v) is 5.62. The molecule has 3 aromatic rings. The predicted molar refractivity (Wildman–Crippen MR) is 97.7 cm³/mol. The zero-order valence-corrected chi connectivity index (χ0v) is 14.4. The number of halogens is 2. The van der Waals surface area contributed by atoms with Crippen molar-refractivity contribution in [2.24, 2.45) is 0 Å². The monoisotopic (exact) mass is 372 g/mol. The molecule has 2 aromatic carbocycles. The summed E-state index contributed by atoms with van der Waals surface area (Å²) in [5.74, 6) is 0.302. The fraction of sp³-hybridized carbons (Fsp3) is 0.0556. The quantitative estimate of drug-likeness (QED) is 0.699. The van der Waals surface area contributed by atoms with Crippen LogP contribution in [0.3, 0.4) is 0 Å². The molecule has 0 unspecified atom stereocenters. The van der Waals surface area contributed by atoms with Gasteiger partial charge in [-0.25, -0.2) is 4.39 Å². The molecule has 2 N–H and O–H groups in total. The summed E-state index contributed by atoms with van der Waals surface area (Å²) in [6.07, 6.45) is 0. The summed E-state index contributed by atoms with van der Waals surface area (Å²) in [5, 5.41) is 13.5. The van der Waals surface area contributed by atoms with Crippen LogP contribution in [0.15, 0.2) is 54.6 Å². The largest absolute Gasteiger partial charge is 0.496 e. The lowest BCUT2D eigenvalue weighted by molar-refractivity contribution is 0.102. The van der Waals surface area contributed by atoms with Gasteiger partial charge >= 0.3 is 0 Å². The minimum Gasteiger partial charge on any atom is -0.496 e. The van der Waals surface area contributed by atoms with Crippen LogP contribution in [0, 0.1) is 5.82 Å². The topological polar surface area (TPSA) is 76.1 Å². The first-order valence-electron chi connectivity index (χ1n) is 7.57. The Morgan fingerprint density at radius 3 is 2.50 bits per heavy atom. The van der Waals surface area contributed by atoms with E-state index in [0.29, 0.717) is 22.8 Å². The molecule has 3 rings (SSSR count). The summed E-state index contributed by atoms with van der Waals surface area (Å²) < 4.78 is 18.3. The summed E-state index contributed by atoms with van der Waals surface area (Å²) >= 11 is 5.74. The van der Waals surface area contributed by atoms with Crippen molar-refractivity contribution in [2.75, 3.05) is 17.7 Å². The SMILES string of the molecule is COc1ccccc1C(=O)Nc1ccc(Nc2ccc(F)c(Cl)c2)nn1. The number of ether oxygens (including phenoxy) is 1. The van der Waals surface area contributed by atoms with Crippen LogP contribution < -0.4 is 15.4 Å². The number of rotatable bonds is 5. The third-order valence-electron chi connectivity index (χ3n) is 3.45. The maximum atomic E-state index is 13.2. The van der Waals surface area contributed by atoms with Crippen LogP contribution in [0.25, 0.3) is 0 Å². The molecule has 0 bridgehead atoms. The van der Waals surface area contributed by atoms with Crippen molar-refractivity contribution in [2.45, 2.75) is 0 Å². The van der Waals surface area contributed by atoms with Gasteiger partial charge in [0, 0.05) is 5.69 Å². The maximum Gasteiger partial charge on any atom is 0.260 e. The summed E-state index contributed by atoms with van der Waals surface area (Å²) in [6.45, 7) is 0. The first-order valence-corrected chi connectivity index (χ1v) is 7.95. The number of hydrogen-bond donors (Lipinski definition) is 2. The van der Waals surface area contributed by atoms with Gasteiger partial charge in [0.1, 0.15) is 11.6 Å². The molecular formula is C18H14ClFN4O2. The minimum absolute atomic E-state index is 0.00338. The van der Waals surface area contributed by atoms with Gasteiger partial charge in [0.05, 0.1) is 17.7 Å².